The lowest BCUT2D eigenvalue weighted by Gasteiger charge is -2.33. The highest BCUT2D eigenvalue weighted by Crippen LogP contribution is 2.75. The molecule has 4 heteroatoms. The molecule has 0 aromatic heterocycles. The SMILES string of the molecule is C=C1C(=O)C2OC23CC2CC(C)=C(C(=O)O)C2C13C. The molecule has 5 unspecified atom stereocenters. The molecule has 100 valence electrons. The van der Waals surface area contributed by atoms with Gasteiger partial charge in [-0.2, -0.15) is 0 Å². The van der Waals surface area contributed by atoms with Crippen LogP contribution in [0.25, 0.3) is 0 Å². The molecule has 1 heterocycles. The largest absolute Gasteiger partial charge is 0.478 e. The molecule has 1 spiro atoms. The number of aliphatic carboxylic acids is 1. The highest BCUT2D eigenvalue weighted by atomic mass is 16.6. The van der Waals surface area contributed by atoms with Crippen molar-refractivity contribution in [2.75, 3.05) is 0 Å². The minimum Gasteiger partial charge on any atom is -0.478 e. The van der Waals surface area contributed by atoms with Gasteiger partial charge in [-0.1, -0.05) is 19.1 Å². The highest BCUT2D eigenvalue weighted by molar-refractivity contribution is 6.07. The second-order valence-electron chi connectivity index (χ2n) is 6.58. The van der Waals surface area contributed by atoms with Crippen molar-refractivity contribution in [1.82, 2.24) is 0 Å². The number of ketones is 1. The monoisotopic (exact) mass is 260 g/mol. The molecule has 1 N–H and O–H groups in total. The molecule has 4 nitrogen and oxygen atoms in total. The molecule has 0 bridgehead atoms. The number of carboxylic acid groups (broad SMARTS) is 1. The zero-order valence-electron chi connectivity index (χ0n) is 11.0. The van der Waals surface area contributed by atoms with Crippen LogP contribution in [0.4, 0.5) is 0 Å². The first-order valence-electron chi connectivity index (χ1n) is 6.69. The number of allylic oxidation sites excluding steroid dienone is 1. The molecule has 4 aliphatic rings. The molecular formula is C15H16O4. The van der Waals surface area contributed by atoms with E-state index < -0.39 is 17.0 Å². The van der Waals surface area contributed by atoms with Crippen molar-refractivity contribution in [3.8, 4) is 0 Å². The first-order valence-corrected chi connectivity index (χ1v) is 6.69. The van der Waals surface area contributed by atoms with E-state index in [0.29, 0.717) is 11.1 Å². The number of Topliss-reactive ketones (excluding diaryl/α,β-unsaturated/α-hetero) is 1. The van der Waals surface area contributed by atoms with Crippen LogP contribution in [0.1, 0.15) is 26.7 Å². The van der Waals surface area contributed by atoms with Gasteiger partial charge in [-0.05, 0) is 25.7 Å². The summed E-state index contributed by atoms with van der Waals surface area (Å²) in [7, 11) is 0. The Bertz CT molecular complexity index is 601. The van der Waals surface area contributed by atoms with Gasteiger partial charge in [0.05, 0.1) is 0 Å². The summed E-state index contributed by atoms with van der Waals surface area (Å²) in [6, 6.07) is 0. The van der Waals surface area contributed by atoms with Gasteiger partial charge in [-0.15, -0.1) is 0 Å². The van der Waals surface area contributed by atoms with Crippen molar-refractivity contribution in [2.24, 2.45) is 17.3 Å². The quantitative estimate of drug-likeness (QED) is 0.575. The van der Waals surface area contributed by atoms with Crippen LogP contribution in [0.2, 0.25) is 0 Å². The fourth-order valence-corrected chi connectivity index (χ4v) is 5.10. The van der Waals surface area contributed by atoms with Crippen molar-refractivity contribution >= 4 is 11.8 Å². The minimum atomic E-state index is -0.854. The number of epoxide rings is 1. The summed E-state index contributed by atoms with van der Waals surface area (Å²) in [4.78, 5) is 23.7. The van der Waals surface area contributed by atoms with Gasteiger partial charge < -0.3 is 9.84 Å². The Morgan fingerprint density at radius 3 is 2.84 bits per heavy atom. The Kier molecular flexibility index (Phi) is 1.71. The molecule has 3 fully saturated rings. The average molecular weight is 260 g/mol. The van der Waals surface area contributed by atoms with Crippen LogP contribution < -0.4 is 0 Å². The second-order valence-corrected chi connectivity index (χ2v) is 6.58. The second kappa shape index (κ2) is 2.85. The van der Waals surface area contributed by atoms with Gasteiger partial charge in [0, 0.05) is 22.5 Å². The molecule has 19 heavy (non-hydrogen) atoms. The molecule has 0 amide bonds. The molecule has 0 aromatic carbocycles. The van der Waals surface area contributed by atoms with Crippen molar-refractivity contribution in [3.05, 3.63) is 23.3 Å². The van der Waals surface area contributed by atoms with E-state index in [1.54, 1.807) is 0 Å². The van der Waals surface area contributed by atoms with Gasteiger partial charge in [0.1, 0.15) is 5.60 Å². The lowest BCUT2D eigenvalue weighted by molar-refractivity contribution is -0.133. The van der Waals surface area contributed by atoms with Crippen LogP contribution in [0.15, 0.2) is 23.3 Å². The first kappa shape index (κ1) is 11.4. The highest BCUT2D eigenvalue weighted by Gasteiger charge is 2.83. The van der Waals surface area contributed by atoms with E-state index in [4.69, 9.17) is 4.74 Å². The van der Waals surface area contributed by atoms with E-state index in [9.17, 15) is 14.7 Å². The number of carbonyl (C=O) groups excluding carboxylic acids is 1. The van der Waals surface area contributed by atoms with Gasteiger partial charge >= 0.3 is 5.97 Å². The van der Waals surface area contributed by atoms with E-state index >= 15 is 0 Å². The zero-order chi connectivity index (χ0) is 13.7. The summed E-state index contributed by atoms with van der Waals surface area (Å²) < 4.78 is 5.72. The smallest absolute Gasteiger partial charge is 0.331 e. The number of hydrogen-bond acceptors (Lipinski definition) is 3. The number of rotatable bonds is 1. The first-order chi connectivity index (χ1) is 8.84. The zero-order valence-corrected chi connectivity index (χ0v) is 11.0. The molecule has 2 saturated carbocycles. The Morgan fingerprint density at radius 1 is 1.53 bits per heavy atom. The average Bonchev–Trinajstić information content (AvgIpc) is 2.84. The number of ether oxygens (including phenoxy) is 1. The van der Waals surface area contributed by atoms with Crippen LogP contribution in [-0.4, -0.2) is 28.6 Å². The number of hydrogen-bond donors (Lipinski definition) is 1. The molecule has 5 atom stereocenters. The summed E-state index contributed by atoms with van der Waals surface area (Å²) in [6.07, 6.45) is 1.24. The van der Waals surface area contributed by atoms with E-state index in [1.165, 1.54) is 0 Å². The summed E-state index contributed by atoms with van der Waals surface area (Å²) in [5.74, 6) is -0.706. The fourth-order valence-electron chi connectivity index (χ4n) is 5.10. The molecule has 0 aromatic rings. The normalized spacial score (nSPS) is 50.3. The molecule has 1 saturated heterocycles. The minimum absolute atomic E-state index is 0.0183. The number of carboxylic acids is 1. The maximum Gasteiger partial charge on any atom is 0.331 e. The van der Waals surface area contributed by atoms with Crippen molar-refractivity contribution < 1.29 is 19.4 Å². The summed E-state index contributed by atoms with van der Waals surface area (Å²) in [6.45, 7) is 7.83. The third kappa shape index (κ3) is 0.929. The number of fused-ring (bicyclic) bond motifs is 2. The van der Waals surface area contributed by atoms with Crippen molar-refractivity contribution in [1.29, 1.82) is 0 Å². The molecule has 4 rings (SSSR count). The molecule has 1 aliphatic heterocycles. The van der Waals surface area contributed by atoms with Crippen LogP contribution in [0, 0.1) is 17.3 Å². The van der Waals surface area contributed by atoms with Gasteiger partial charge in [0.25, 0.3) is 0 Å². The van der Waals surface area contributed by atoms with Gasteiger partial charge in [0.2, 0.25) is 0 Å². The fraction of sp³-hybridized carbons (Fsp3) is 0.600. The standard InChI is InChI=1S/C15H16O4/c1-6-4-8-5-15-12(19-15)11(16)7(2)14(15,3)10(8)9(6)13(17)18/h8,10,12H,2,4-5H2,1,3H3,(H,17,18). The summed E-state index contributed by atoms with van der Waals surface area (Å²) >= 11 is 0. The molecule has 0 radical (unpaired) electrons. The third-order valence-electron chi connectivity index (χ3n) is 5.96. The maximum atomic E-state index is 12.1. The summed E-state index contributed by atoms with van der Waals surface area (Å²) in [5, 5.41) is 9.50. The van der Waals surface area contributed by atoms with E-state index in [0.717, 1.165) is 18.4 Å². The molecule has 3 aliphatic carbocycles. The Labute approximate surface area is 111 Å². The van der Waals surface area contributed by atoms with Crippen molar-refractivity contribution in [3.63, 3.8) is 0 Å². The third-order valence-corrected chi connectivity index (χ3v) is 5.96. The lowest BCUT2D eigenvalue weighted by atomic mass is 9.69. The maximum absolute atomic E-state index is 12.1. The number of carbonyl (C=O) groups is 2. The van der Waals surface area contributed by atoms with E-state index in [2.05, 4.69) is 6.58 Å². The predicted octanol–water partition coefficient (Wildman–Crippen LogP) is 1.71. The van der Waals surface area contributed by atoms with Crippen LogP contribution in [-0.2, 0) is 14.3 Å². The topological polar surface area (TPSA) is 66.9 Å². The van der Waals surface area contributed by atoms with E-state index in [-0.39, 0.29) is 23.7 Å². The Hall–Kier alpha value is -1.42. The van der Waals surface area contributed by atoms with Gasteiger partial charge in [-0.3, -0.25) is 4.79 Å². The molecular weight excluding hydrogens is 244 g/mol. The predicted molar refractivity (Wildman–Crippen MR) is 66.4 cm³/mol. The van der Waals surface area contributed by atoms with Gasteiger partial charge in [0.15, 0.2) is 11.9 Å². The lowest BCUT2D eigenvalue weighted by Crippen LogP contribution is -2.36. The Morgan fingerprint density at radius 2 is 2.21 bits per heavy atom. The van der Waals surface area contributed by atoms with Crippen LogP contribution in [0.5, 0.6) is 0 Å². The van der Waals surface area contributed by atoms with E-state index in [1.807, 2.05) is 13.8 Å². The Balaban J connectivity index is 1.90. The summed E-state index contributed by atoms with van der Waals surface area (Å²) in [5.41, 5.74) is 1.05. The van der Waals surface area contributed by atoms with Crippen LogP contribution >= 0.6 is 0 Å². The van der Waals surface area contributed by atoms with Crippen molar-refractivity contribution in [2.45, 2.75) is 38.4 Å². The van der Waals surface area contributed by atoms with Crippen LogP contribution in [0.3, 0.4) is 0 Å². The van der Waals surface area contributed by atoms with Gasteiger partial charge in [-0.25, -0.2) is 4.79 Å².